The summed E-state index contributed by atoms with van der Waals surface area (Å²) in [6, 6.07) is 0. The van der Waals surface area contributed by atoms with E-state index in [4.69, 9.17) is 23.7 Å². The van der Waals surface area contributed by atoms with Gasteiger partial charge in [0.25, 0.3) is 0 Å². The van der Waals surface area contributed by atoms with Gasteiger partial charge in [0.2, 0.25) is 0 Å². The fraction of sp³-hybridized carbons (Fsp3) is 0.667. The van der Waals surface area contributed by atoms with Crippen molar-refractivity contribution in [2.45, 2.75) is 104 Å². The second-order valence-electron chi connectivity index (χ2n) is 11.7. The molecular formula is C30H41N3O9. The van der Waals surface area contributed by atoms with E-state index in [9.17, 15) is 19.2 Å². The van der Waals surface area contributed by atoms with Gasteiger partial charge in [0.15, 0.2) is 24.5 Å². The third kappa shape index (κ3) is 7.08. The summed E-state index contributed by atoms with van der Waals surface area (Å²) in [6.45, 7) is 13.6. The van der Waals surface area contributed by atoms with Crippen LogP contribution < -0.4 is 0 Å². The molecule has 2 aliphatic carbocycles. The van der Waals surface area contributed by atoms with Crippen LogP contribution in [0, 0.1) is 23.7 Å². The number of rotatable bonds is 8. The van der Waals surface area contributed by atoms with Crippen LogP contribution in [-0.2, 0) is 49.5 Å². The molecule has 1 aliphatic heterocycles. The quantitative estimate of drug-likeness (QED) is 0.190. The fourth-order valence-electron chi connectivity index (χ4n) is 6.54. The molecule has 1 saturated heterocycles. The minimum absolute atomic E-state index is 0.0367. The molecule has 9 atom stereocenters. The highest BCUT2D eigenvalue weighted by molar-refractivity contribution is 5.88. The van der Waals surface area contributed by atoms with E-state index in [1.807, 2.05) is 0 Å². The number of hydrogen-bond donors (Lipinski definition) is 0. The monoisotopic (exact) mass is 587 g/mol. The van der Waals surface area contributed by atoms with Crippen LogP contribution in [0.1, 0.15) is 79.1 Å². The zero-order valence-electron chi connectivity index (χ0n) is 25.1. The van der Waals surface area contributed by atoms with E-state index >= 15 is 0 Å². The summed E-state index contributed by atoms with van der Waals surface area (Å²) in [5.41, 5.74) is 2.15. The number of allylic oxidation sites excluding steroid dienone is 2. The first-order valence-electron chi connectivity index (χ1n) is 14.5. The third-order valence-electron chi connectivity index (χ3n) is 8.50. The lowest BCUT2D eigenvalue weighted by molar-refractivity contribution is -0.261. The Balaban J connectivity index is 1.46. The molecule has 0 N–H and O–H groups in total. The number of ether oxygens (including phenoxy) is 5. The maximum Gasteiger partial charge on any atom is 0.334 e. The molecule has 2 fully saturated rings. The van der Waals surface area contributed by atoms with Gasteiger partial charge in [-0.05, 0) is 63.2 Å². The molecule has 3 aliphatic rings. The summed E-state index contributed by atoms with van der Waals surface area (Å²) >= 11 is 0. The van der Waals surface area contributed by atoms with Crippen molar-refractivity contribution in [2.24, 2.45) is 23.7 Å². The summed E-state index contributed by atoms with van der Waals surface area (Å²) in [5, 5.41) is 8.19. The zero-order chi connectivity index (χ0) is 30.7. The van der Waals surface area contributed by atoms with Crippen LogP contribution in [0.2, 0.25) is 0 Å². The van der Waals surface area contributed by atoms with Crippen molar-refractivity contribution in [3.63, 3.8) is 0 Å². The van der Waals surface area contributed by atoms with E-state index in [0.29, 0.717) is 23.1 Å². The number of carbonyl (C=O) groups excluding carboxylic acids is 4. The van der Waals surface area contributed by atoms with Crippen LogP contribution >= 0.6 is 0 Å². The van der Waals surface area contributed by atoms with Gasteiger partial charge in [0, 0.05) is 26.3 Å². The summed E-state index contributed by atoms with van der Waals surface area (Å²) in [4.78, 5) is 48.7. The molecule has 230 valence electrons. The number of fused-ring (bicyclic) bond motifs is 1. The van der Waals surface area contributed by atoms with Gasteiger partial charge < -0.3 is 23.7 Å². The van der Waals surface area contributed by atoms with Crippen molar-refractivity contribution >= 4 is 23.9 Å². The molecule has 1 aromatic rings. The van der Waals surface area contributed by atoms with Crippen molar-refractivity contribution in [1.29, 1.82) is 0 Å². The van der Waals surface area contributed by atoms with E-state index in [1.54, 1.807) is 6.92 Å². The van der Waals surface area contributed by atoms with Gasteiger partial charge in [-0.1, -0.05) is 30.4 Å². The third-order valence-corrected chi connectivity index (χ3v) is 8.50. The first kappa shape index (κ1) is 31.4. The number of aromatic nitrogens is 3. The lowest BCUT2D eigenvalue weighted by Crippen LogP contribution is -2.58. The SMILES string of the molecule is C=C(C(=O)OCc1cn([C@@H]2O[C@@H](C)[C@H](OC(C)=O)[C@@H](OC(C)=O)[C@H]2OC(C)=O)nn1)[C@@H]1CC[C@@H](C)[C@@H]2CCC(C)=C[C@@H]21. The molecule has 0 aromatic carbocycles. The lowest BCUT2D eigenvalue weighted by Gasteiger charge is -2.43. The summed E-state index contributed by atoms with van der Waals surface area (Å²) in [7, 11) is 0. The second kappa shape index (κ2) is 13.2. The van der Waals surface area contributed by atoms with Gasteiger partial charge in [0.1, 0.15) is 12.3 Å². The maximum atomic E-state index is 13.1. The molecule has 0 amide bonds. The molecule has 12 heteroatoms. The molecule has 0 bridgehead atoms. The van der Waals surface area contributed by atoms with Crippen molar-refractivity contribution in [1.82, 2.24) is 15.0 Å². The average Bonchev–Trinajstić information content (AvgIpc) is 3.38. The molecular weight excluding hydrogens is 546 g/mol. The van der Waals surface area contributed by atoms with Gasteiger partial charge in [-0.3, -0.25) is 14.4 Å². The Morgan fingerprint density at radius 3 is 2.29 bits per heavy atom. The van der Waals surface area contributed by atoms with Crippen LogP contribution in [0.25, 0.3) is 0 Å². The summed E-state index contributed by atoms with van der Waals surface area (Å²) in [5.74, 6) is -0.951. The second-order valence-corrected chi connectivity index (χ2v) is 11.7. The molecule has 12 nitrogen and oxygen atoms in total. The number of carbonyl (C=O) groups is 4. The predicted molar refractivity (Wildman–Crippen MR) is 147 cm³/mol. The van der Waals surface area contributed by atoms with E-state index in [2.05, 4.69) is 36.8 Å². The van der Waals surface area contributed by atoms with Crippen molar-refractivity contribution in [2.75, 3.05) is 0 Å². The molecule has 4 rings (SSSR count). The normalized spacial score (nSPS) is 32.5. The molecule has 1 aromatic heterocycles. The molecule has 1 saturated carbocycles. The number of esters is 4. The van der Waals surface area contributed by atoms with Crippen LogP contribution in [0.15, 0.2) is 30.0 Å². The first-order chi connectivity index (χ1) is 19.8. The number of hydrogen-bond acceptors (Lipinski definition) is 11. The Morgan fingerprint density at radius 2 is 1.62 bits per heavy atom. The van der Waals surface area contributed by atoms with Crippen molar-refractivity contribution in [3.05, 3.63) is 35.7 Å². The van der Waals surface area contributed by atoms with E-state index < -0.39 is 54.5 Å². The van der Waals surface area contributed by atoms with Crippen molar-refractivity contribution < 1.29 is 42.9 Å². The lowest BCUT2D eigenvalue weighted by atomic mass is 9.61. The highest BCUT2D eigenvalue weighted by Crippen LogP contribution is 2.47. The molecule has 0 unspecified atom stereocenters. The zero-order valence-corrected chi connectivity index (χ0v) is 25.1. The van der Waals surface area contributed by atoms with Crippen molar-refractivity contribution in [3.8, 4) is 0 Å². The van der Waals surface area contributed by atoms with E-state index in [-0.39, 0.29) is 18.4 Å². The molecule has 42 heavy (non-hydrogen) atoms. The van der Waals surface area contributed by atoms with Gasteiger partial charge in [-0.25, -0.2) is 9.48 Å². The van der Waals surface area contributed by atoms with Gasteiger partial charge in [-0.2, -0.15) is 0 Å². The van der Waals surface area contributed by atoms with Gasteiger partial charge >= 0.3 is 23.9 Å². The first-order valence-corrected chi connectivity index (χ1v) is 14.5. The predicted octanol–water partition coefficient (Wildman–Crippen LogP) is 3.61. The van der Waals surface area contributed by atoms with E-state index in [1.165, 1.54) is 37.2 Å². The minimum atomic E-state index is -1.21. The largest absolute Gasteiger partial charge is 0.456 e. The Morgan fingerprint density at radius 1 is 0.976 bits per heavy atom. The molecule has 2 heterocycles. The van der Waals surface area contributed by atoms with Crippen LogP contribution in [-0.4, -0.2) is 63.3 Å². The van der Waals surface area contributed by atoms with Crippen LogP contribution in [0.5, 0.6) is 0 Å². The van der Waals surface area contributed by atoms with E-state index in [0.717, 1.165) is 25.7 Å². The number of nitrogens with zero attached hydrogens (tertiary/aromatic N) is 3. The smallest absolute Gasteiger partial charge is 0.334 e. The van der Waals surface area contributed by atoms with Crippen LogP contribution in [0.3, 0.4) is 0 Å². The van der Waals surface area contributed by atoms with Crippen LogP contribution in [0.4, 0.5) is 0 Å². The Hall–Kier alpha value is -3.54. The minimum Gasteiger partial charge on any atom is -0.456 e. The summed E-state index contributed by atoms with van der Waals surface area (Å²) in [6.07, 6.45) is 2.73. The molecule has 0 spiro atoms. The topological polar surface area (TPSA) is 145 Å². The Kier molecular flexibility index (Phi) is 9.85. The standard InChI is InChI=1S/C30H41N3O9/c1-15-8-10-23-16(2)9-11-24(25(23)12-15)17(3)30(37)38-14-22-13-33(32-31-22)29-28(42-21(7)36)27(41-20(6)35)26(18(4)39-29)40-19(5)34/h12-13,16,18,23-29H,3,8-11,14H2,1-2,4-7H3/t16-,18+,23+,24+,25+,26+,27-,28-,29-/m1/s1. The fourth-order valence-corrected chi connectivity index (χ4v) is 6.54. The highest BCUT2D eigenvalue weighted by atomic mass is 16.7. The maximum absolute atomic E-state index is 13.1. The van der Waals surface area contributed by atoms with Gasteiger partial charge in [-0.15, -0.1) is 5.10 Å². The Bertz CT molecular complexity index is 1240. The van der Waals surface area contributed by atoms with Gasteiger partial charge in [0.05, 0.1) is 12.3 Å². The Labute approximate surface area is 245 Å². The average molecular weight is 588 g/mol. The highest BCUT2D eigenvalue weighted by Gasteiger charge is 2.51. The molecule has 0 radical (unpaired) electrons. The summed E-state index contributed by atoms with van der Waals surface area (Å²) < 4.78 is 29.2.